The monoisotopic (exact) mass is 350 g/mol. The molecule has 3 rings (SSSR count). The molecule has 23 heavy (non-hydrogen) atoms. The summed E-state index contributed by atoms with van der Waals surface area (Å²) in [6.07, 6.45) is 0. The lowest BCUT2D eigenvalue weighted by atomic mass is 10.1. The van der Waals surface area contributed by atoms with Crippen LogP contribution in [-0.2, 0) is 4.79 Å². The van der Waals surface area contributed by atoms with Gasteiger partial charge in [-0.05, 0) is 30.3 Å². The molecule has 2 aromatic rings. The van der Waals surface area contributed by atoms with Gasteiger partial charge in [0, 0.05) is 0 Å². The molecule has 0 atom stereocenters. The van der Waals surface area contributed by atoms with Crippen LogP contribution in [0.15, 0.2) is 36.4 Å². The second-order valence-electron chi connectivity index (χ2n) is 4.46. The van der Waals surface area contributed by atoms with E-state index in [9.17, 15) is 4.79 Å². The average molecular weight is 351 g/mol. The van der Waals surface area contributed by atoms with E-state index < -0.39 is 5.97 Å². The highest BCUT2D eigenvalue weighted by molar-refractivity contribution is 6.42. The van der Waals surface area contributed by atoms with Crippen molar-refractivity contribution in [1.29, 1.82) is 0 Å². The zero-order chi connectivity index (χ0) is 16.4. The molecule has 8 heteroatoms. The lowest BCUT2D eigenvalue weighted by Crippen LogP contribution is -2.22. The molecule has 1 aliphatic rings. The smallest absolute Gasteiger partial charge is 0.427 e. The summed E-state index contributed by atoms with van der Waals surface area (Å²) in [5.74, 6) is 0.0462. The maximum atomic E-state index is 12.2. The van der Waals surface area contributed by atoms with Gasteiger partial charge in [0.25, 0.3) is 0 Å². The van der Waals surface area contributed by atoms with E-state index in [0.29, 0.717) is 17.1 Å². The van der Waals surface area contributed by atoms with Gasteiger partial charge in [0.1, 0.15) is 0 Å². The van der Waals surface area contributed by atoms with Crippen molar-refractivity contribution in [2.45, 2.75) is 0 Å². The highest BCUT2D eigenvalue weighted by atomic mass is 35.5. The van der Waals surface area contributed by atoms with Crippen molar-refractivity contribution in [3.63, 3.8) is 0 Å². The third-order valence-electron chi connectivity index (χ3n) is 3.05. The van der Waals surface area contributed by atoms with Crippen LogP contribution < -0.4 is 14.2 Å². The van der Waals surface area contributed by atoms with Gasteiger partial charge in [-0.15, -0.1) is 0 Å². The van der Waals surface area contributed by atoms with Crippen molar-refractivity contribution in [1.82, 2.24) is 0 Å². The number of para-hydroxylation sites is 1. The number of ether oxygens (including phenoxy) is 3. The minimum absolute atomic E-state index is 0.0114. The minimum atomic E-state index is -0.915. The van der Waals surface area contributed by atoms with Crippen molar-refractivity contribution < 1.29 is 23.8 Å². The molecule has 0 radical (unpaired) electrons. The van der Waals surface area contributed by atoms with Crippen LogP contribution >= 0.6 is 23.2 Å². The summed E-state index contributed by atoms with van der Waals surface area (Å²) in [5, 5.41) is 0.322. The first kappa shape index (κ1) is 15.4. The second kappa shape index (κ2) is 6.30. The molecule has 116 valence electrons. The number of halogens is 2. The third kappa shape index (κ3) is 3.00. The maximum absolute atomic E-state index is 12.2. The number of nitrogens with zero attached hydrogens (tertiary/aromatic N) is 2. The highest BCUT2D eigenvalue weighted by Crippen LogP contribution is 2.34. The Labute approximate surface area is 140 Å². The van der Waals surface area contributed by atoms with Gasteiger partial charge in [0.05, 0.1) is 15.6 Å². The molecule has 0 unspecified atom stereocenters. The summed E-state index contributed by atoms with van der Waals surface area (Å²) >= 11 is 11.9. The quantitative estimate of drug-likeness (QED) is 0.279. The Hall–Kier alpha value is -2.53. The van der Waals surface area contributed by atoms with Crippen LogP contribution in [0, 0.1) is 0 Å². The van der Waals surface area contributed by atoms with Gasteiger partial charge in [-0.2, -0.15) is 4.79 Å². The fourth-order valence-corrected chi connectivity index (χ4v) is 2.46. The van der Waals surface area contributed by atoms with Crippen molar-refractivity contribution in [3.05, 3.63) is 57.5 Å². The Morgan fingerprint density at radius 1 is 1.13 bits per heavy atom. The topological polar surface area (TPSA) is 81.2 Å². The minimum Gasteiger partial charge on any atom is -0.454 e. The second-order valence-corrected chi connectivity index (χ2v) is 5.27. The fourth-order valence-electron chi connectivity index (χ4n) is 1.98. The van der Waals surface area contributed by atoms with Gasteiger partial charge in [0.15, 0.2) is 17.2 Å². The largest absolute Gasteiger partial charge is 0.454 e. The maximum Gasteiger partial charge on any atom is 0.427 e. The zero-order valence-electron chi connectivity index (χ0n) is 11.5. The van der Waals surface area contributed by atoms with Crippen LogP contribution in [0.2, 0.25) is 10.0 Å². The van der Waals surface area contributed by atoms with Crippen LogP contribution in [0.5, 0.6) is 17.2 Å². The SMILES string of the molecule is [N-]=[N+]=C(C(=O)Oc1c(Cl)cccc1Cl)c1ccc2c(c1)OCO2. The summed E-state index contributed by atoms with van der Waals surface area (Å²) in [5.41, 5.74) is 9.14. The van der Waals surface area contributed by atoms with E-state index in [2.05, 4.69) is 4.79 Å². The van der Waals surface area contributed by atoms with Gasteiger partial charge < -0.3 is 19.7 Å². The number of rotatable bonds is 3. The zero-order valence-corrected chi connectivity index (χ0v) is 13.0. The van der Waals surface area contributed by atoms with Crippen molar-refractivity contribution in [3.8, 4) is 17.2 Å². The fraction of sp³-hybridized carbons (Fsp3) is 0.0667. The van der Waals surface area contributed by atoms with Crippen LogP contribution in [-0.4, -0.2) is 23.3 Å². The van der Waals surface area contributed by atoms with E-state index in [4.69, 9.17) is 42.9 Å². The van der Waals surface area contributed by atoms with E-state index >= 15 is 0 Å². The number of benzene rings is 2. The van der Waals surface area contributed by atoms with E-state index in [1.54, 1.807) is 12.1 Å². The molecule has 0 saturated heterocycles. The van der Waals surface area contributed by atoms with Crippen molar-refractivity contribution in [2.24, 2.45) is 0 Å². The van der Waals surface area contributed by atoms with Crippen LogP contribution in [0.3, 0.4) is 0 Å². The highest BCUT2D eigenvalue weighted by Gasteiger charge is 2.29. The number of carbonyl (C=O) groups is 1. The van der Waals surface area contributed by atoms with Crippen LogP contribution in [0.4, 0.5) is 0 Å². The Kier molecular flexibility index (Phi) is 4.21. The van der Waals surface area contributed by atoms with Gasteiger partial charge in [0.2, 0.25) is 6.79 Å². The summed E-state index contributed by atoms with van der Waals surface area (Å²) < 4.78 is 15.5. The van der Waals surface area contributed by atoms with Crippen molar-refractivity contribution in [2.75, 3.05) is 6.79 Å². The molecule has 0 amide bonds. The molecule has 0 fully saturated rings. The first-order valence-electron chi connectivity index (χ1n) is 6.38. The predicted octanol–water partition coefficient (Wildman–Crippen LogP) is 3.35. The molecular weight excluding hydrogens is 343 g/mol. The predicted molar refractivity (Wildman–Crippen MR) is 82.4 cm³/mol. The molecule has 0 aliphatic carbocycles. The molecule has 6 nitrogen and oxygen atoms in total. The average Bonchev–Trinajstić information content (AvgIpc) is 2.99. The Balaban J connectivity index is 1.90. The normalized spacial score (nSPS) is 11.7. The van der Waals surface area contributed by atoms with Gasteiger partial charge in [-0.1, -0.05) is 29.3 Å². The van der Waals surface area contributed by atoms with Gasteiger partial charge >= 0.3 is 11.7 Å². The van der Waals surface area contributed by atoms with Gasteiger partial charge in [-0.3, -0.25) is 0 Å². The molecule has 0 N–H and O–H groups in total. The molecular formula is C15H8Cl2N2O4. The third-order valence-corrected chi connectivity index (χ3v) is 3.65. The van der Waals surface area contributed by atoms with E-state index in [1.807, 2.05) is 0 Å². The number of fused-ring (bicyclic) bond motifs is 1. The van der Waals surface area contributed by atoms with E-state index in [1.165, 1.54) is 24.3 Å². The first-order chi connectivity index (χ1) is 11.1. The Bertz CT molecular complexity index is 827. The molecule has 1 aliphatic heterocycles. The molecule has 0 spiro atoms. The molecule has 0 saturated carbocycles. The molecule has 0 aromatic heterocycles. The van der Waals surface area contributed by atoms with E-state index in [0.717, 1.165) is 0 Å². The number of hydrogen-bond donors (Lipinski definition) is 0. The lowest BCUT2D eigenvalue weighted by Gasteiger charge is -2.06. The van der Waals surface area contributed by atoms with Gasteiger partial charge in [-0.25, -0.2) is 4.79 Å². The van der Waals surface area contributed by atoms with Crippen molar-refractivity contribution >= 4 is 34.9 Å². The number of hydrogen-bond acceptors (Lipinski definition) is 4. The summed E-state index contributed by atoms with van der Waals surface area (Å²) in [6.45, 7) is 0.0874. The summed E-state index contributed by atoms with van der Waals surface area (Å²) in [7, 11) is 0. The standard InChI is InChI=1S/C15H8Cl2N2O4/c16-9-2-1-3-10(17)14(9)23-15(20)13(19-18)8-4-5-11-12(6-8)22-7-21-11/h1-6H,7H2. The summed E-state index contributed by atoms with van der Waals surface area (Å²) in [4.78, 5) is 15.2. The Morgan fingerprint density at radius 2 is 1.83 bits per heavy atom. The van der Waals surface area contributed by atoms with Crippen LogP contribution in [0.1, 0.15) is 5.56 Å². The Morgan fingerprint density at radius 3 is 2.52 bits per heavy atom. The van der Waals surface area contributed by atoms with E-state index in [-0.39, 0.29) is 28.3 Å². The van der Waals surface area contributed by atoms with Crippen LogP contribution in [0.25, 0.3) is 5.53 Å². The number of carbonyl (C=O) groups excluding carboxylic acids is 1. The number of esters is 1. The summed E-state index contributed by atoms with van der Waals surface area (Å²) in [6, 6.07) is 9.29. The molecule has 1 heterocycles. The molecule has 0 bridgehead atoms. The first-order valence-corrected chi connectivity index (χ1v) is 7.14. The molecule has 2 aromatic carbocycles. The lowest BCUT2D eigenvalue weighted by molar-refractivity contribution is -0.131.